The first-order chi connectivity index (χ1) is 9.95. The minimum atomic E-state index is -0.329. The van der Waals surface area contributed by atoms with Crippen molar-refractivity contribution >= 4 is 5.78 Å². The third kappa shape index (κ3) is 4.23. The molecule has 2 rings (SSSR count). The number of hydrogen-bond donors (Lipinski definition) is 0. The van der Waals surface area contributed by atoms with Crippen molar-refractivity contribution in [3.05, 3.63) is 53.1 Å². The highest BCUT2D eigenvalue weighted by Gasteiger charge is 2.10. The predicted octanol–water partition coefficient (Wildman–Crippen LogP) is 2.57. The van der Waals surface area contributed by atoms with Crippen LogP contribution in [0, 0.1) is 12.7 Å². The normalized spacial score (nSPS) is 11.1. The summed E-state index contributed by atoms with van der Waals surface area (Å²) in [6.45, 7) is 3.05. The number of carbonyl (C=O) groups is 1. The van der Waals surface area contributed by atoms with E-state index in [1.165, 1.54) is 6.07 Å². The summed E-state index contributed by atoms with van der Waals surface area (Å²) in [4.78, 5) is 14.1. The summed E-state index contributed by atoms with van der Waals surface area (Å²) in [5, 5.41) is 4.11. The largest absolute Gasteiger partial charge is 0.302 e. The highest BCUT2D eigenvalue weighted by atomic mass is 19.1. The van der Waals surface area contributed by atoms with Crippen molar-refractivity contribution in [1.29, 1.82) is 0 Å². The van der Waals surface area contributed by atoms with E-state index < -0.39 is 0 Å². The van der Waals surface area contributed by atoms with Crippen LogP contribution in [0.25, 0.3) is 0 Å². The third-order valence-electron chi connectivity index (χ3n) is 3.43. The number of aryl methyl sites for hydroxylation is 2. The summed E-state index contributed by atoms with van der Waals surface area (Å²) in [5.41, 5.74) is 2.10. The van der Waals surface area contributed by atoms with Crippen LogP contribution in [-0.4, -0.2) is 34.1 Å². The highest BCUT2D eigenvalue weighted by Crippen LogP contribution is 2.11. The second kappa shape index (κ2) is 6.63. The van der Waals surface area contributed by atoms with Gasteiger partial charge >= 0.3 is 0 Å². The van der Waals surface area contributed by atoms with Crippen molar-refractivity contribution in [2.45, 2.75) is 19.9 Å². The van der Waals surface area contributed by atoms with Gasteiger partial charge in [-0.15, -0.1) is 0 Å². The molecule has 0 amide bonds. The van der Waals surface area contributed by atoms with Crippen LogP contribution >= 0.6 is 0 Å². The molecule has 5 heteroatoms. The lowest BCUT2D eigenvalue weighted by atomic mass is 10.1. The van der Waals surface area contributed by atoms with E-state index in [4.69, 9.17) is 0 Å². The maximum absolute atomic E-state index is 13.5. The van der Waals surface area contributed by atoms with Gasteiger partial charge in [0.25, 0.3) is 0 Å². The molecule has 0 saturated carbocycles. The smallest absolute Gasteiger partial charge is 0.164 e. The number of Topliss-reactive ketones (excluding diaryl/α,β-unsaturated/α-hetero) is 1. The van der Waals surface area contributed by atoms with Crippen LogP contribution < -0.4 is 0 Å². The van der Waals surface area contributed by atoms with Gasteiger partial charge < -0.3 is 4.90 Å². The summed E-state index contributed by atoms with van der Waals surface area (Å²) in [5.74, 6) is -0.364. The number of benzene rings is 1. The van der Waals surface area contributed by atoms with Crippen LogP contribution in [0.1, 0.15) is 27.9 Å². The first-order valence-corrected chi connectivity index (χ1v) is 6.91. The molecule has 1 heterocycles. The quantitative estimate of drug-likeness (QED) is 0.767. The van der Waals surface area contributed by atoms with Gasteiger partial charge in [0.15, 0.2) is 5.78 Å². The average molecular weight is 289 g/mol. The number of hydrogen-bond acceptors (Lipinski definition) is 3. The average Bonchev–Trinajstić information content (AvgIpc) is 2.84. The van der Waals surface area contributed by atoms with Gasteiger partial charge in [-0.2, -0.15) is 5.10 Å². The fourth-order valence-electron chi connectivity index (χ4n) is 2.15. The fraction of sp³-hybridized carbons (Fsp3) is 0.375. The van der Waals surface area contributed by atoms with E-state index in [9.17, 15) is 9.18 Å². The number of rotatable bonds is 6. The fourth-order valence-corrected chi connectivity index (χ4v) is 2.15. The van der Waals surface area contributed by atoms with Crippen molar-refractivity contribution in [2.75, 3.05) is 13.6 Å². The molecule has 0 aliphatic carbocycles. The Bertz CT molecular complexity index is 636. The Morgan fingerprint density at radius 2 is 2.19 bits per heavy atom. The molecule has 0 bridgehead atoms. The van der Waals surface area contributed by atoms with Gasteiger partial charge in [0.05, 0.1) is 6.20 Å². The maximum atomic E-state index is 13.5. The standard InChI is InChI=1S/C16H20FN3O/c1-12-4-5-14(8-15(12)17)16(21)6-7-19(2)10-13-9-18-20(3)11-13/h4-5,8-9,11H,6-7,10H2,1-3H3. The van der Waals surface area contributed by atoms with Crippen LogP contribution in [0.3, 0.4) is 0 Å². The van der Waals surface area contributed by atoms with E-state index in [2.05, 4.69) is 10.00 Å². The molecule has 0 fully saturated rings. The molecular weight excluding hydrogens is 269 g/mol. The molecular formula is C16H20FN3O. The Kier molecular flexibility index (Phi) is 4.85. The second-order valence-electron chi connectivity index (χ2n) is 5.40. The molecule has 0 radical (unpaired) electrons. The molecule has 0 saturated heterocycles. The van der Waals surface area contributed by atoms with Crippen LogP contribution in [0.5, 0.6) is 0 Å². The number of ketones is 1. The van der Waals surface area contributed by atoms with Crippen molar-refractivity contribution in [3.63, 3.8) is 0 Å². The zero-order chi connectivity index (χ0) is 15.4. The zero-order valence-corrected chi connectivity index (χ0v) is 12.6. The van der Waals surface area contributed by atoms with E-state index in [-0.39, 0.29) is 11.6 Å². The summed E-state index contributed by atoms with van der Waals surface area (Å²) in [6.07, 6.45) is 4.14. The van der Waals surface area contributed by atoms with Crippen LogP contribution in [0.15, 0.2) is 30.6 Å². The van der Waals surface area contributed by atoms with Gasteiger partial charge in [0, 0.05) is 43.9 Å². The van der Waals surface area contributed by atoms with Crippen LogP contribution in [0.2, 0.25) is 0 Å². The van der Waals surface area contributed by atoms with Crippen molar-refractivity contribution in [1.82, 2.24) is 14.7 Å². The first kappa shape index (κ1) is 15.4. The predicted molar refractivity (Wildman–Crippen MR) is 79.6 cm³/mol. The van der Waals surface area contributed by atoms with Crippen molar-refractivity contribution < 1.29 is 9.18 Å². The second-order valence-corrected chi connectivity index (χ2v) is 5.40. The van der Waals surface area contributed by atoms with Crippen LogP contribution in [0.4, 0.5) is 4.39 Å². The molecule has 0 aliphatic heterocycles. The molecule has 4 nitrogen and oxygen atoms in total. The van der Waals surface area contributed by atoms with Crippen LogP contribution in [-0.2, 0) is 13.6 Å². The summed E-state index contributed by atoms with van der Waals surface area (Å²) >= 11 is 0. The van der Waals surface area contributed by atoms with E-state index in [1.807, 2.05) is 26.5 Å². The lowest BCUT2D eigenvalue weighted by Gasteiger charge is -2.15. The maximum Gasteiger partial charge on any atom is 0.164 e. The molecule has 21 heavy (non-hydrogen) atoms. The number of aromatic nitrogens is 2. The Morgan fingerprint density at radius 1 is 1.43 bits per heavy atom. The Morgan fingerprint density at radius 3 is 2.81 bits per heavy atom. The molecule has 2 aromatic rings. The molecule has 0 N–H and O–H groups in total. The minimum absolute atomic E-state index is 0.0352. The number of nitrogens with zero attached hydrogens (tertiary/aromatic N) is 3. The summed E-state index contributed by atoms with van der Waals surface area (Å²) in [7, 11) is 3.83. The molecule has 0 aliphatic rings. The zero-order valence-electron chi connectivity index (χ0n) is 12.6. The Balaban J connectivity index is 1.86. The van der Waals surface area contributed by atoms with Gasteiger partial charge in [-0.05, 0) is 25.6 Å². The first-order valence-electron chi connectivity index (χ1n) is 6.91. The topological polar surface area (TPSA) is 38.1 Å². The third-order valence-corrected chi connectivity index (χ3v) is 3.43. The highest BCUT2D eigenvalue weighted by molar-refractivity contribution is 5.96. The molecule has 0 spiro atoms. The van der Waals surface area contributed by atoms with Gasteiger partial charge in [-0.1, -0.05) is 12.1 Å². The number of halogens is 1. The van der Waals surface area contributed by atoms with E-state index >= 15 is 0 Å². The minimum Gasteiger partial charge on any atom is -0.302 e. The van der Waals surface area contributed by atoms with Gasteiger partial charge in [0.1, 0.15) is 5.82 Å². The van der Waals surface area contributed by atoms with Gasteiger partial charge in [-0.25, -0.2) is 4.39 Å². The molecule has 112 valence electrons. The van der Waals surface area contributed by atoms with Gasteiger partial charge in [0.2, 0.25) is 0 Å². The summed E-state index contributed by atoms with van der Waals surface area (Å²) in [6, 6.07) is 4.64. The number of carbonyl (C=O) groups excluding carboxylic acids is 1. The van der Waals surface area contributed by atoms with E-state index in [0.717, 1.165) is 12.1 Å². The molecule has 1 aromatic heterocycles. The monoisotopic (exact) mass is 289 g/mol. The van der Waals surface area contributed by atoms with Crippen molar-refractivity contribution in [3.8, 4) is 0 Å². The summed E-state index contributed by atoms with van der Waals surface area (Å²) < 4.78 is 15.2. The molecule has 1 aromatic carbocycles. The lowest BCUT2D eigenvalue weighted by molar-refractivity contribution is 0.0967. The lowest BCUT2D eigenvalue weighted by Crippen LogP contribution is -2.21. The van der Waals surface area contributed by atoms with Gasteiger partial charge in [-0.3, -0.25) is 9.48 Å². The van der Waals surface area contributed by atoms with E-state index in [0.29, 0.717) is 24.1 Å². The Hall–Kier alpha value is -2.01. The Labute approximate surface area is 124 Å². The molecule has 0 unspecified atom stereocenters. The van der Waals surface area contributed by atoms with E-state index in [1.54, 1.807) is 23.7 Å². The molecule has 0 atom stereocenters. The SMILES string of the molecule is Cc1ccc(C(=O)CCN(C)Cc2cnn(C)c2)cc1F. The van der Waals surface area contributed by atoms with Crippen molar-refractivity contribution in [2.24, 2.45) is 7.05 Å².